The summed E-state index contributed by atoms with van der Waals surface area (Å²) < 4.78 is 23.2. The summed E-state index contributed by atoms with van der Waals surface area (Å²) >= 11 is 18.5. The topological polar surface area (TPSA) is 108 Å². The molecule has 1 atom stereocenters. The van der Waals surface area contributed by atoms with Crippen molar-refractivity contribution in [1.29, 1.82) is 5.26 Å². The number of ether oxygens (including phenoxy) is 3. The van der Waals surface area contributed by atoms with Crippen LogP contribution in [0.15, 0.2) is 88.7 Å². The van der Waals surface area contributed by atoms with Crippen molar-refractivity contribution in [3.63, 3.8) is 0 Å². The van der Waals surface area contributed by atoms with E-state index in [1.807, 2.05) is 25.1 Å². The van der Waals surface area contributed by atoms with Crippen LogP contribution in [-0.2, 0) is 6.61 Å². The normalized spacial score (nSPS) is 14.1. The van der Waals surface area contributed by atoms with E-state index in [4.69, 9.17) is 59.2 Å². The van der Waals surface area contributed by atoms with Gasteiger partial charge in [0.1, 0.15) is 41.1 Å². The Morgan fingerprint density at radius 1 is 0.955 bits per heavy atom. The van der Waals surface area contributed by atoms with E-state index < -0.39 is 11.9 Å². The standard InChI is InChI=1S/C34H23Cl3N2O5/c1-17-11-29-25(14-27(17)36)18(2)32(43-29)34(40)42-23-9-10-24-30(13-23)44-33(39)26(15-38)31(24)19-4-7-22(8-5-19)41-16-20-3-6-21(35)12-28(20)37/h3-14,31H,16,39H2,1-2H3. The van der Waals surface area contributed by atoms with Crippen LogP contribution in [0.2, 0.25) is 15.1 Å². The van der Waals surface area contributed by atoms with Crippen LogP contribution in [0.1, 0.15) is 44.3 Å². The molecule has 220 valence electrons. The quantitative estimate of drug-likeness (QED) is 0.145. The average Bonchev–Trinajstić information content (AvgIpc) is 3.31. The first-order chi connectivity index (χ1) is 21.1. The Kier molecular flexibility index (Phi) is 7.91. The van der Waals surface area contributed by atoms with E-state index in [1.165, 1.54) is 0 Å². The van der Waals surface area contributed by atoms with Crippen molar-refractivity contribution < 1.29 is 23.4 Å². The number of carbonyl (C=O) groups excluding carboxylic acids is 1. The van der Waals surface area contributed by atoms with Crippen molar-refractivity contribution in [3.05, 3.63) is 133 Å². The molecule has 44 heavy (non-hydrogen) atoms. The summed E-state index contributed by atoms with van der Waals surface area (Å²) in [4.78, 5) is 13.1. The van der Waals surface area contributed by atoms with E-state index in [2.05, 4.69) is 6.07 Å². The molecule has 0 fully saturated rings. The number of furan rings is 1. The van der Waals surface area contributed by atoms with Crippen LogP contribution in [0, 0.1) is 25.2 Å². The summed E-state index contributed by atoms with van der Waals surface area (Å²) in [6, 6.07) is 23.2. The minimum atomic E-state index is -0.670. The van der Waals surface area contributed by atoms with Gasteiger partial charge in [0, 0.05) is 43.2 Å². The molecule has 7 nitrogen and oxygen atoms in total. The van der Waals surface area contributed by atoms with Gasteiger partial charge in [-0.15, -0.1) is 0 Å². The number of allylic oxidation sites excluding steroid dienone is 1. The highest BCUT2D eigenvalue weighted by Gasteiger charge is 2.31. The second-order valence-corrected chi connectivity index (χ2v) is 11.5. The molecule has 2 heterocycles. The molecular formula is C34H23Cl3N2O5. The van der Waals surface area contributed by atoms with Crippen molar-refractivity contribution in [2.24, 2.45) is 5.73 Å². The van der Waals surface area contributed by atoms with Crippen molar-refractivity contribution in [2.75, 3.05) is 0 Å². The van der Waals surface area contributed by atoms with Gasteiger partial charge in [-0.1, -0.05) is 59.1 Å². The molecule has 4 aromatic carbocycles. The molecule has 0 saturated carbocycles. The van der Waals surface area contributed by atoms with Crippen LogP contribution in [-0.4, -0.2) is 5.97 Å². The van der Waals surface area contributed by atoms with Crippen molar-refractivity contribution in [2.45, 2.75) is 26.4 Å². The largest absolute Gasteiger partial charge is 0.489 e. The van der Waals surface area contributed by atoms with Gasteiger partial charge in [-0.3, -0.25) is 0 Å². The molecule has 0 spiro atoms. The number of nitrogens with two attached hydrogens (primary N) is 1. The van der Waals surface area contributed by atoms with Gasteiger partial charge in [-0.25, -0.2) is 4.79 Å². The van der Waals surface area contributed by atoms with Gasteiger partial charge in [0.25, 0.3) is 0 Å². The molecule has 5 aromatic rings. The van der Waals surface area contributed by atoms with E-state index in [-0.39, 0.29) is 29.6 Å². The lowest BCUT2D eigenvalue weighted by Crippen LogP contribution is -2.21. The van der Waals surface area contributed by atoms with E-state index >= 15 is 0 Å². The molecule has 1 aliphatic rings. The number of fused-ring (bicyclic) bond motifs is 2. The smallest absolute Gasteiger partial charge is 0.379 e. The number of hydrogen-bond donors (Lipinski definition) is 1. The summed E-state index contributed by atoms with van der Waals surface area (Å²) in [5, 5.41) is 12.3. The fourth-order valence-electron chi connectivity index (χ4n) is 5.09. The van der Waals surface area contributed by atoms with Crippen molar-refractivity contribution in [3.8, 4) is 23.3 Å². The molecule has 1 unspecified atom stereocenters. The third kappa shape index (κ3) is 5.56. The maximum atomic E-state index is 13.1. The van der Waals surface area contributed by atoms with Gasteiger partial charge in [0.2, 0.25) is 11.6 Å². The molecule has 0 aliphatic carbocycles. The number of benzene rings is 4. The Morgan fingerprint density at radius 2 is 1.70 bits per heavy atom. The van der Waals surface area contributed by atoms with Gasteiger partial charge in [0.15, 0.2) is 0 Å². The fourth-order valence-corrected chi connectivity index (χ4v) is 5.71. The van der Waals surface area contributed by atoms with Crippen LogP contribution in [0.4, 0.5) is 0 Å². The average molecular weight is 646 g/mol. The Hall–Kier alpha value is -4.61. The molecule has 0 bridgehead atoms. The number of rotatable bonds is 6. The third-order valence-corrected chi connectivity index (χ3v) is 8.42. The molecule has 0 radical (unpaired) electrons. The minimum absolute atomic E-state index is 0.0356. The Balaban J connectivity index is 1.24. The van der Waals surface area contributed by atoms with Crippen molar-refractivity contribution in [1.82, 2.24) is 0 Å². The van der Waals surface area contributed by atoms with Crippen LogP contribution < -0.4 is 19.9 Å². The van der Waals surface area contributed by atoms with Crippen LogP contribution in [0.25, 0.3) is 11.0 Å². The van der Waals surface area contributed by atoms with Gasteiger partial charge in [-0.2, -0.15) is 5.26 Å². The second-order valence-electron chi connectivity index (χ2n) is 10.3. The molecular weight excluding hydrogens is 623 g/mol. The Morgan fingerprint density at radius 3 is 2.43 bits per heavy atom. The number of hydrogen-bond acceptors (Lipinski definition) is 7. The number of halogens is 3. The summed E-state index contributed by atoms with van der Waals surface area (Å²) in [6.07, 6.45) is 0. The lowest BCUT2D eigenvalue weighted by atomic mass is 9.83. The van der Waals surface area contributed by atoms with Gasteiger partial charge in [-0.05, 0) is 67.4 Å². The molecule has 10 heteroatoms. The Bertz CT molecular complexity index is 2030. The summed E-state index contributed by atoms with van der Waals surface area (Å²) in [6.45, 7) is 3.89. The number of nitriles is 1. The molecule has 2 N–H and O–H groups in total. The zero-order chi connectivity index (χ0) is 31.1. The zero-order valence-corrected chi connectivity index (χ0v) is 25.7. The molecule has 0 amide bonds. The third-order valence-electron chi connectivity index (χ3n) is 7.43. The van der Waals surface area contributed by atoms with E-state index in [1.54, 1.807) is 61.5 Å². The molecule has 1 aliphatic heterocycles. The molecule has 6 rings (SSSR count). The van der Waals surface area contributed by atoms with E-state index in [0.717, 1.165) is 22.1 Å². The predicted octanol–water partition coefficient (Wildman–Crippen LogP) is 9.03. The monoisotopic (exact) mass is 644 g/mol. The maximum Gasteiger partial charge on any atom is 0.379 e. The molecule has 1 aromatic heterocycles. The minimum Gasteiger partial charge on any atom is -0.489 e. The lowest BCUT2D eigenvalue weighted by molar-refractivity contribution is 0.0702. The number of aryl methyl sites for hydroxylation is 2. The highest BCUT2D eigenvalue weighted by Crippen LogP contribution is 2.44. The van der Waals surface area contributed by atoms with Crippen LogP contribution >= 0.6 is 34.8 Å². The SMILES string of the molecule is Cc1cc2oc(C(=O)Oc3ccc4c(c3)OC(N)=C(C#N)C4c3ccc(OCc4ccc(Cl)cc4Cl)cc3)c(C)c2cc1Cl. The first-order valence-electron chi connectivity index (χ1n) is 13.4. The fraction of sp³-hybridized carbons (Fsp3) is 0.118. The maximum absolute atomic E-state index is 13.1. The number of nitrogens with zero attached hydrogens (tertiary/aromatic N) is 1. The lowest BCUT2D eigenvalue weighted by Gasteiger charge is -2.26. The first-order valence-corrected chi connectivity index (χ1v) is 14.6. The first kappa shape index (κ1) is 29.5. The number of carbonyl (C=O) groups is 1. The van der Waals surface area contributed by atoms with Crippen LogP contribution in [0.5, 0.6) is 17.2 Å². The van der Waals surface area contributed by atoms with Crippen molar-refractivity contribution >= 4 is 51.7 Å². The van der Waals surface area contributed by atoms with Gasteiger partial charge in [0.05, 0.1) is 5.92 Å². The number of esters is 1. The molecule has 0 saturated heterocycles. The van der Waals surface area contributed by atoms with Gasteiger partial charge < -0.3 is 24.4 Å². The summed E-state index contributed by atoms with van der Waals surface area (Å²) in [7, 11) is 0. The predicted molar refractivity (Wildman–Crippen MR) is 169 cm³/mol. The van der Waals surface area contributed by atoms with Crippen LogP contribution in [0.3, 0.4) is 0 Å². The summed E-state index contributed by atoms with van der Waals surface area (Å²) in [5.41, 5.74) is 10.7. The Labute approximate surface area is 267 Å². The van der Waals surface area contributed by atoms with E-state index in [9.17, 15) is 10.1 Å². The highest BCUT2D eigenvalue weighted by molar-refractivity contribution is 6.35. The zero-order valence-electron chi connectivity index (χ0n) is 23.4. The second kappa shape index (κ2) is 11.8. The summed E-state index contributed by atoms with van der Waals surface area (Å²) in [5.74, 6) is 0.0487. The highest BCUT2D eigenvalue weighted by atomic mass is 35.5. The van der Waals surface area contributed by atoms with E-state index in [0.29, 0.717) is 43.3 Å². The van der Waals surface area contributed by atoms with Gasteiger partial charge >= 0.3 is 5.97 Å².